The number of non-ortho nitro benzene ring substituents is 1. The van der Waals surface area contributed by atoms with Gasteiger partial charge >= 0.3 is 6.03 Å². The van der Waals surface area contributed by atoms with E-state index in [9.17, 15) is 24.5 Å². The molecule has 3 aromatic rings. The average molecular weight is 491 g/mol. The molecule has 4 rings (SSSR count). The van der Waals surface area contributed by atoms with Gasteiger partial charge in [0.25, 0.3) is 17.5 Å². The number of amides is 4. The third kappa shape index (κ3) is 5.41. The normalized spacial score (nSPS) is 14.6. The van der Waals surface area contributed by atoms with E-state index >= 15 is 0 Å². The Morgan fingerprint density at radius 2 is 1.89 bits per heavy atom. The van der Waals surface area contributed by atoms with Crippen molar-refractivity contribution in [2.45, 2.75) is 20.1 Å². The number of nitrogens with zero attached hydrogens (tertiary/aromatic N) is 2. The van der Waals surface area contributed by atoms with Crippen molar-refractivity contribution in [1.82, 2.24) is 10.2 Å². The van der Waals surface area contributed by atoms with E-state index in [4.69, 9.17) is 13.9 Å². The number of urea groups is 1. The van der Waals surface area contributed by atoms with Gasteiger partial charge in [0, 0.05) is 12.1 Å². The van der Waals surface area contributed by atoms with Crippen molar-refractivity contribution in [1.29, 1.82) is 0 Å². The zero-order valence-corrected chi connectivity index (χ0v) is 19.1. The van der Waals surface area contributed by atoms with Crippen LogP contribution in [-0.2, 0) is 22.7 Å². The van der Waals surface area contributed by atoms with Gasteiger partial charge in [-0.05, 0) is 48.4 Å². The number of hydrogen-bond donors (Lipinski definition) is 1. The molecule has 0 radical (unpaired) electrons. The molecule has 1 aliphatic heterocycles. The van der Waals surface area contributed by atoms with Gasteiger partial charge in [0.05, 0.1) is 24.3 Å². The number of carbonyl (C=O) groups excluding carboxylic acids is 3. The Balaban J connectivity index is 1.56. The molecule has 1 saturated heterocycles. The highest BCUT2D eigenvalue weighted by atomic mass is 16.6. The Kier molecular flexibility index (Phi) is 7.10. The molecular formula is C25H21N3O8. The van der Waals surface area contributed by atoms with Crippen molar-refractivity contribution in [3.63, 3.8) is 0 Å². The summed E-state index contributed by atoms with van der Waals surface area (Å²) in [6.07, 6.45) is 2.77. The van der Waals surface area contributed by atoms with Gasteiger partial charge in [-0.25, -0.2) is 4.79 Å². The number of barbiturate groups is 1. The van der Waals surface area contributed by atoms with Gasteiger partial charge in [0.1, 0.15) is 17.9 Å². The standard InChI is InChI=1S/C25H21N3O8/c1-2-34-22-13-16(8-9-21(22)36-15-17-5-3-6-18(11-17)28(32)33)12-20-23(29)26-25(31)27(24(20)30)14-19-7-4-10-35-19/h3-13H,2,14-15H2,1H3,(H,26,29,31). The Bertz CT molecular complexity index is 1350. The summed E-state index contributed by atoms with van der Waals surface area (Å²) in [5.41, 5.74) is 0.794. The van der Waals surface area contributed by atoms with Crippen molar-refractivity contribution < 1.29 is 33.2 Å². The lowest BCUT2D eigenvalue weighted by Gasteiger charge is -2.25. The number of benzene rings is 2. The molecule has 0 unspecified atom stereocenters. The SMILES string of the molecule is CCOc1cc(C=C2C(=O)NC(=O)N(Cc3ccco3)C2=O)ccc1OCc1cccc([N+](=O)[O-])c1. The van der Waals surface area contributed by atoms with Crippen molar-refractivity contribution in [2.24, 2.45) is 0 Å². The molecule has 2 aromatic carbocycles. The molecule has 184 valence electrons. The Hall–Kier alpha value is -4.93. The van der Waals surface area contributed by atoms with Crippen LogP contribution in [-0.4, -0.2) is 34.3 Å². The topological polar surface area (TPSA) is 141 Å². The van der Waals surface area contributed by atoms with Crippen LogP contribution in [0.4, 0.5) is 10.5 Å². The fourth-order valence-corrected chi connectivity index (χ4v) is 3.49. The summed E-state index contributed by atoms with van der Waals surface area (Å²) in [6, 6.07) is 13.3. The summed E-state index contributed by atoms with van der Waals surface area (Å²) in [5, 5.41) is 13.1. The number of rotatable bonds is 9. The molecule has 0 aliphatic carbocycles. The highest BCUT2D eigenvalue weighted by molar-refractivity contribution is 6.30. The van der Waals surface area contributed by atoms with Crippen LogP contribution in [0, 0.1) is 10.1 Å². The van der Waals surface area contributed by atoms with E-state index in [0.29, 0.717) is 35.0 Å². The lowest BCUT2D eigenvalue weighted by atomic mass is 10.1. The van der Waals surface area contributed by atoms with Crippen LogP contribution in [0.5, 0.6) is 11.5 Å². The molecular weight excluding hydrogens is 470 g/mol. The number of furan rings is 1. The summed E-state index contributed by atoms with van der Waals surface area (Å²) in [7, 11) is 0. The van der Waals surface area contributed by atoms with E-state index < -0.39 is 22.8 Å². The maximum absolute atomic E-state index is 12.9. The van der Waals surface area contributed by atoms with Crippen LogP contribution < -0.4 is 14.8 Å². The summed E-state index contributed by atoms with van der Waals surface area (Å²) in [6.45, 7) is 2.04. The van der Waals surface area contributed by atoms with Crippen molar-refractivity contribution in [2.75, 3.05) is 6.61 Å². The van der Waals surface area contributed by atoms with Crippen molar-refractivity contribution in [3.05, 3.63) is 93.4 Å². The predicted octanol–water partition coefficient (Wildman–Crippen LogP) is 3.83. The molecule has 0 saturated carbocycles. The fraction of sp³-hybridized carbons (Fsp3) is 0.160. The quantitative estimate of drug-likeness (QED) is 0.206. The molecule has 1 fully saturated rings. The third-order valence-corrected chi connectivity index (χ3v) is 5.17. The van der Waals surface area contributed by atoms with Crippen LogP contribution in [0.3, 0.4) is 0 Å². The first kappa shape index (κ1) is 24.2. The van der Waals surface area contributed by atoms with Gasteiger partial charge in [-0.3, -0.25) is 29.9 Å². The Morgan fingerprint density at radius 3 is 2.61 bits per heavy atom. The second kappa shape index (κ2) is 10.6. The minimum atomic E-state index is -0.835. The molecule has 2 heterocycles. The van der Waals surface area contributed by atoms with Gasteiger partial charge < -0.3 is 13.9 Å². The smallest absolute Gasteiger partial charge is 0.331 e. The van der Waals surface area contributed by atoms with Crippen molar-refractivity contribution >= 4 is 29.6 Å². The van der Waals surface area contributed by atoms with Gasteiger partial charge in [-0.2, -0.15) is 0 Å². The highest BCUT2D eigenvalue weighted by Crippen LogP contribution is 2.31. The Morgan fingerprint density at radius 1 is 1.06 bits per heavy atom. The number of carbonyl (C=O) groups is 3. The molecule has 1 aliphatic rings. The largest absolute Gasteiger partial charge is 0.490 e. The molecule has 0 spiro atoms. The van der Waals surface area contributed by atoms with Gasteiger partial charge in [-0.1, -0.05) is 18.2 Å². The number of nitrogens with one attached hydrogen (secondary N) is 1. The Labute approximate surface area is 205 Å². The molecule has 4 amide bonds. The molecule has 1 aromatic heterocycles. The first-order valence-corrected chi connectivity index (χ1v) is 10.9. The summed E-state index contributed by atoms with van der Waals surface area (Å²) >= 11 is 0. The van der Waals surface area contributed by atoms with Crippen LogP contribution in [0.2, 0.25) is 0 Å². The fourth-order valence-electron chi connectivity index (χ4n) is 3.49. The number of imide groups is 2. The lowest BCUT2D eigenvalue weighted by molar-refractivity contribution is -0.384. The maximum atomic E-state index is 12.9. The molecule has 11 nitrogen and oxygen atoms in total. The monoisotopic (exact) mass is 491 g/mol. The van der Waals surface area contributed by atoms with Crippen LogP contribution in [0.25, 0.3) is 6.08 Å². The molecule has 0 atom stereocenters. The van der Waals surface area contributed by atoms with E-state index in [1.54, 1.807) is 49.4 Å². The summed E-state index contributed by atoms with van der Waals surface area (Å²) in [5.74, 6) is -0.464. The van der Waals surface area contributed by atoms with Crippen LogP contribution in [0.15, 0.2) is 70.9 Å². The second-order valence-corrected chi connectivity index (χ2v) is 7.64. The minimum absolute atomic E-state index is 0.0434. The predicted molar refractivity (Wildman–Crippen MR) is 126 cm³/mol. The van der Waals surface area contributed by atoms with Gasteiger partial charge in [-0.15, -0.1) is 0 Å². The average Bonchev–Trinajstić information content (AvgIpc) is 3.37. The van der Waals surface area contributed by atoms with E-state index in [-0.39, 0.29) is 24.4 Å². The lowest BCUT2D eigenvalue weighted by Crippen LogP contribution is -2.53. The number of nitro groups is 1. The molecule has 1 N–H and O–H groups in total. The number of hydrogen-bond acceptors (Lipinski definition) is 8. The third-order valence-electron chi connectivity index (χ3n) is 5.17. The van der Waals surface area contributed by atoms with Crippen LogP contribution >= 0.6 is 0 Å². The molecule has 36 heavy (non-hydrogen) atoms. The zero-order chi connectivity index (χ0) is 25.7. The maximum Gasteiger partial charge on any atom is 0.331 e. The first-order chi connectivity index (χ1) is 17.4. The summed E-state index contributed by atoms with van der Waals surface area (Å²) in [4.78, 5) is 48.9. The molecule has 0 bridgehead atoms. The zero-order valence-electron chi connectivity index (χ0n) is 19.1. The van der Waals surface area contributed by atoms with E-state index in [1.165, 1.54) is 24.5 Å². The van der Waals surface area contributed by atoms with E-state index in [1.807, 2.05) is 0 Å². The number of nitro benzene ring substituents is 1. The second-order valence-electron chi connectivity index (χ2n) is 7.64. The van der Waals surface area contributed by atoms with Crippen LogP contribution in [0.1, 0.15) is 23.8 Å². The first-order valence-electron chi connectivity index (χ1n) is 10.9. The highest BCUT2D eigenvalue weighted by Gasteiger charge is 2.36. The van der Waals surface area contributed by atoms with Gasteiger partial charge in [0.2, 0.25) is 0 Å². The number of ether oxygens (including phenoxy) is 2. The van der Waals surface area contributed by atoms with E-state index in [2.05, 4.69) is 5.32 Å². The minimum Gasteiger partial charge on any atom is -0.490 e. The van der Waals surface area contributed by atoms with Crippen molar-refractivity contribution in [3.8, 4) is 11.5 Å². The van der Waals surface area contributed by atoms with E-state index in [0.717, 1.165) is 4.90 Å². The molecule has 11 heteroatoms. The summed E-state index contributed by atoms with van der Waals surface area (Å²) < 4.78 is 16.7. The van der Waals surface area contributed by atoms with Gasteiger partial charge in [0.15, 0.2) is 11.5 Å².